The molecule has 5 aromatic rings. The first kappa shape index (κ1) is 25.4. The standard InChI is InChI=1S/C37H38N2/c1-4-13-26-17-11-18-27(14-5-2)35(26)39-37-32-21-10-9-20-30(32)28(6-3)33-23-24-34(38-36(33)37)31-22-12-16-25-15-7-8-19-29(25)31/h7-12,15-24,28,37,39H,4-6,13-14H2,1-3H3. The lowest BCUT2D eigenvalue weighted by Crippen LogP contribution is -2.25. The molecule has 1 aliphatic rings. The molecule has 6 rings (SSSR count). The third-order valence-electron chi connectivity index (χ3n) is 8.33. The molecule has 0 radical (unpaired) electrons. The van der Waals surface area contributed by atoms with Crippen molar-refractivity contribution in [1.82, 2.24) is 4.98 Å². The molecule has 0 saturated heterocycles. The fourth-order valence-electron chi connectivity index (χ4n) is 6.54. The monoisotopic (exact) mass is 510 g/mol. The van der Waals surface area contributed by atoms with E-state index in [0.29, 0.717) is 5.92 Å². The van der Waals surface area contributed by atoms with E-state index in [2.05, 4.69) is 123 Å². The summed E-state index contributed by atoms with van der Waals surface area (Å²) in [4.78, 5) is 5.50. The smallest absolute Gasteiger partial charge is 0.0946 e. The molecule has 1 aliphatic carbocycles. The molecule has 2 atom stereocenters. The summed E-state index contributed by atoms with van der Waals surface area (Å²) in [5.41, 5.74) is 11.7. The van der Waals surface area contributed by atoms with E-state index in [-0.39, 0.29) is 6.04 Å². The van der Waals surface area contributed by atoms with Crippen LogP contribution in [0, 0.1) is 0 Å². The van der Waals surface area contributed by atoms with Gasteiger partial charge in [0.05, 0.1) is 17.4 Å². The summed E-state index contributed by atoms with van der Waals surface area (Å²) < 4.78 is 0. The number of aryl methyl sites for hydroxylation is 2. The largest absolute Gasteiger partial charge is 0.372 e. The van der Waals surface area contributed by atoms with Crippen LogP contribution in [0.15, 0.2) is 97.1 Å². The van der Waals surface area contributed by atoms with Gasteiger partial charge in [-0.3, -0.25) is 0 Å². The van der Waals surface area contributed by atoms with E-state index in [1.165, 1.54) is 55.5 Å². The Morgan fingerprint density at radius 2 is 1.31 bits per heavy atom. The van der Waals surface area contributed by atoms with Crippen molar-refractivity contribution in [2.75, 3.05) is 5.32 Å². The lowest BCUT2D eigenvalue weighted by molar-refractivity contribution is 0.689. The van der Waals surface area contributed by atoms with Gasteiger partial charge in [-0.05, 0) is 63.9 Å². The van der Waals surface area contributed by atoms with Crippen LogP contribution in [0.25, 0.3) is 22.0 Å². The summed E-state index contributed by atoms with van der Waals surface area (Å²) in [6, 6.07) is 35.6. The van der Waals surface area contributed by atoms with E-state index in [1.807, 2.05) is 0 Å². The third-order valence-corrected chi connectivity index (χ3v) is 8.33. The zero-order valence-corrected chi connectivity index (χ0v) is 23.4. The van der Waals surface area contributed by atoms with E-state index in [1.54, 1.807) is 0 Å². The summed E-state index contributed by atoms with van der Waals surface area (Å²) in [5.74, 6) is 0.351. The minimum atomic E-state index is 0.00235. The van der Waals surface area contributed by atoms with Crippen molar-refractivity contribution in [3.05, 3.63) is 131 Å². The van der Waals surface area contributed by atoms with E-state index >= 15 is 0 Å². The normalized spacial score (nSPS) is 16.1. The Kier molecular flexibility index (Phi) is 7.20. The number of anilines is 1. The second-order valence-corrected chi connectivity index (χ2v) is 10.8. The summed E-state index contributed by atoms with van der Waals surface area (Å²) >= 11 is 0. The Labute approximate surface area is 233 Å². The number of hydrogen-bond acceptors (Lipinski definition) is 2. The van der Waals surface area contributed by atoms with Gasteiger partial charge in [0.1, 0.15) is 0 Å². The molecule has 0 fully saturated rings. The molecule has 1 aromatic heterocycles. The van der Waals surface area contributed by atoms with Crippen molar-refractivity contribution in [1.29, 1.82) is 0 Å². The van der Waals surface area contributed by atoms with Gasteiger partial charge in [-0.1, -0.05) is 125 Å². The van der Waals surface area contributed by atoms with Crippen molar-refractivity contribution in [2.45, 2.75) is 64.8 Å². The van der Waals surface area contributed by atoms with Crippen LogP contribution in [-0.2, 0) is 12.8 Å². The van der Waals surface area contributed by atoms with Crippen LogP contribution in [0.2, 0.25) is 0 Å². The minimum Gasteiger partial charge on any atom is -0.372 e. The van der Waals surface area contributed by atoms with Crippen molar-refractivity contribution in [2.24, 2.45) is 0 Å². The second-order valence-electron chi connectivity index (χ2n) is 10.8. The van der Waals surface area contributed by atoms with E-state index in [0.717, 1.165) is 37.8 Å². The summed E-state index contributed by atoms with van der Waals surface area (Å²) in [6.07, 6.45) is 5.46. The second kappa shape index (κ2) is 11.1. The molecule has 0 bridgehead atoms. The molecule has 0 amide bonds. The predicted octanol–water partition coefficient (Wildman–Crippen LogP) is 9.86. The molecule has 0 saturated carbocycles. The van der Waals surface area contributed by atoms with Crippen LogP contribution in [0.5, 0.6) is 0 Å². The highest BCUT2D eigenvalue weighted by molar-refractivity contribution is 5.95. The Balaban J connectivity index is 1.55. The van der Waals surface area contributed by atoms with Crippen molar-refractivity contribution in [3.8, 4) is 11.3 Å². The molecule has 2 nitrogen and oxygen atoms in total. The van der Waals surface area contributed by atoms with Gasteiger partial charge in [-0.15, -0.1) is 0 Å². The van der Waals surface area contributed by atoms with Crippen molar-refractivity contribution < 1.29 is 0 Å². The Bertz CT molecular complexity index is 1590. The van der Waals surface area contributed by atoms with Crippen molar-refractivity contribution >= 4 is 16.5 Å². The number of nitrogens with zero attached hydrogens (tertiary/aromatic N) is 1. The molecule has 0 aliphatic heterocycles. The maximum Gasteiger partial charge on any atom is 0.0946 e. The molecule has 39 heavy (non-hydrogen) atoms. The number of pyridine rings is 1. The first-order valence-electron chi connectivity index (χ1n) is 14.7. The van der Waals surface area contributed by atoms with Gasteiger partial charge in [0.2, 0.25) is 0 Å². The molecule has 4 aromatic carbocycles. The zero-order valence-electron chi connectivity index (χ0n) is 23.4. The molecular weight excluding hydrogens is 472 g/mol. The first-order valence-corrected chi connectivity index (χ1v) is 14.7. The SMILES string of the molecule is CCCc1cccc(CCC)c1NC1c2ccccc2C(CC)c2ccc(-c3cccc4ccccc34)nc21. The fourth-order valence-corrected chi connectivity index (χ4v) is 6.54. The topological polar surface area (TPSA) is 24.9 Å². The van der Waals surface area contributed by atoms with Crippen LogP contribution < -0.4 is 5.32 Å². The van der Waals surface area contributed by atoms with E-state index in [9.17, 15) is 0 Å². The van der Waals surface area contributed by atoms with Gasteiger partial charge < -0.3 is 5.32 Å². The highest BCUT2D eigenvalue weighted by atomic mass is 15.0. The van der Waals surface area contributed by atoms with E-state index < -0.39 is 0 Å². The highest BCUT2D eigenvalue weighted by Crippen LogP contribution is 2.46. The summed E-state index contributed by atoms with van der Waals surface area (Å²) in [5, 5.41) is 6.60. The third kappa shape index (κ3) is 4.63. The average Bonchev–Trinajstić information content (AvgIpc) is 2.98. The van der Waals surface area contributed by atoms with Crippen LogP contribution in [0.1, 0.15) is 85.5 Å². The van der Waals surface area contributed by atoms with Crippen LogP contribution in [0.4, 0.5) is 5.69 Å². The summed E-state index contributed by atoms with van der Waals surface area (Å²) in [7, 11) is 0. The lowest BCUT2D eigenvalue weighted by Gasteiger charge is -2.35. The molecule has 2 heteroatoms. The molecule has 196 valence electrons. The maximum atomic E-state index is 5.50. The van der Waals surface area contributed by atoms with E-state index in [4.69, 9.17) is 4.98 Å². The summed E-state index contributed by atoms with van der Waals surface area (Å²) in [6.45, 7) is 6.84. The Morgan fingerprint density at radius 3 is 2.05 bits per heavy atom. The molecular formula is C37H38N2. The first-order chi connectivity index (χ1) is 19.2. The van der Waals surface area contributed by atoms with Crippen LogP contribution in [-0.4, -0.2) is 4.98 Å². The number of benzene rings is 4. The Morgan fingerprint density at radius 1 is 0.641 bits per heavy atom. The minimum absolute atomic E-state index is 0.00235. The number of aromatic nitrogens is 1. The molecule has 2 unspecified atom stereocenters. The highest BCUT2D eigenvalue weighted by Gasteiger charge is 2.33. The quantitative estimate of drug-likeness (QED) is 0.225. The number of rotatable bonds is 8. The number of fused-ring (bicyclic) bond motifs is 3. The van der Waals surface area contributed by atoms with Gasteiger partial charge in [0, 0.05) is 17.2 Å². The zero-order chi connectivity index (χ0) is 26.8. The molecule has 1 heterocycles. The predicted molar refractivity (Wildman–Crippen MR) is 166 cm³/mol. The van der Waals surface area contributed by atoms with Gasteiger partial charge in [-0.2, -0.15) is 0 Å². The Hall–Kier alpha value is -3.91. The van der Waals surface area contributed by atoms with Crippen LogP contribution >= 0.6 is 0 Å². The van der Waals surface area contributed by atoms with Crippen LogP contribution in [0.3, 0.4) is 0 Å². The number of nitrogens with one attached hydrogen (secondary N) is 1. The number of para-hydroxylation sites is 1. The lowest BCUT2D eigenvalue weighted by atomic mass is 9.76. The van der Waals surface area contributed by atoms with Gasteiger partial charge in [0.15, 0.2) is 0 Å². The molecule has 0 spiro atoms. The van der Waals surface area contributed by atoms with Gasteiger partial charge in [0.25, 0.3) is 0 Å². The fraction of sp³-hybridized carbons (Fsp3) is 0.270. The van der Waals surface area contributed by atoms with Gasteiger partial charge in [-0.25, -0.2) is 4.98 Å². The maximum absolute atomic E-state index is 5.50. The average molecular weight is 511 g/mol. The molecule has 1 N–H and O–H groups in total. The van der Waals surface area contributed by atoms with Gasteiger partial charge >= 0.3 is 0 Å². The number of hydrogen-bond donors (Lipinski definition) is 1. The van der Waals surface area contributed by atoms with Crippen molar-refractivity contribution in [3.63, 3.8) is 0 Å².